The fourth-order valence-electron chi connectivity index (χ4n) is 2.07. The maximum atomic E-state index is 10.3. The van der Waals surface area contributed by atoms with Crippen LogP contribution >= 0.6 is 11.6 Å². The van der Waals surface area contributed by atoms with Gasteiger partial charge in [-0.25, -0.2) is 0 Å². The first-order valence-corrected chi connectivity index (χ1v) is 7.32. The fraction of sp³-hybridized carbons (Fsp3) is 0.600. The highest BCUT2D eigenvalue weighted by Crippen LogP contribution is 2.30. The Bertz CT molecular complexity index is 380. The highest BCUT2D eigenvalue weighted by atomic mass is 35.5. The molecule has 0 bridgehead atoms. The Balaban J connectivity index is 2.74. The van der Waals surface area contributed by atoms with Gasteiger partial charge in [-0.05, 0) is 44.6 Å². The number of rotatable bonds is 8. The van der Waals surface area contributed by atoms with E-state index in [9.17, 15) is 5.11 Å². The third-order valence-electron chi connectivity index (χ3n) is 3.24. The Morgan fingerprint density at radius 2 is 1.95 bits per heavy atom. The smallest absolute Gasteiger partial charge is 0.125 e. The molecule has 0 spiro atoms. The van der Waals surface area contributed by atoms with Crippen LogP contribution in [-0.2, 0) is 0 Å². The van der Waals surface area contributed by atoms with E-state index in [1.807, 2.05) is 13.0 Å². The van der Waals surface area contributed by atoms with E-state index >= 15 is 0 Å². The average molecular weight is 286 g/mol. The summed E-state index contributed by atoms with van der Waals surface area (Å²) in [6, 6.07) is 5.40. The van der Waals surface area contributed by atoms with Crippen LogP contribution in [0.5, 0.6) is 5.75 Å². The summed E-state index contributed by atoms with van der Waals surface area (Å²) >= 11 is 6.00. The summed E-state index contributed by atoms with van der Waals surface area (Å²) in [5, 5.41) is 11.0. The fourth-order valence-corrected chi connectivity index (χ4v) is 2.25. The van der Waals surface area contributed by atoms with Crippen molar-refractivity contribution < 1.29 is 9.84 Å². The van der Waals surface area contributed by atoms with Gasteiger partial charge in [0.2, 0.25) is 0 Å². The van der Waals surface area contributed by atoms with Gasteiger partial charge in [-0.15, -0.1) is 0 Å². The highest BCUT2D eigenvalue weighted by molar-refractivity contribution is 6.30. The number of hydrogen-bond donors (Lipinski definition) is 1. The first-order chi connectivity index (χ1) is 9.12. The lowest BCUT2D eigenvalue weighted by Gasteiger charge is -2.21. The zero-order valence-corrected chi connectivity index (χ0v) is 12.8. The van der Waals surface area contributed by atoms with E-state index < -0.39 is 6.10 Å². The minimum absolute atomic E-state index is 0.541. The average Bonchev–Trinajstić information content (AvgIpc) is 2.42. The largest absolute Gasteiger partial charge is 0.493 e. The second-order valence-electron chi connectivity index (χ2n) is 4.45. The van der Waals surface area contributed by atoms with Crippen molar-refractivity contribution in [2.75, 3.05) is 26.2 Å². The summed E-state index contributed by atoms with van der Waals surface area (Å²) in [6.07, 6.45) is 0.142. The maximum Gasteiger partial charge on any atom is 0.125 e. The van der Waals surface area contributed by atoms with Crippen LogP contribution in [0.4, 0.5) is 0 Å². The maximum absolute atomic E-state index is 10.3. The number of aliphatic hydroxyl groups is 1. The summed E-state index contributed by atoms with van der Waals surface area (Å²) in [7, 11) is 0. The summed E-state index contributed by atoms with van der Waals surface area (Å²) < 4.78 is 5.54. The summed E-state index contributed by atoms with van der Waals surface area (Å²) in [5.74, 6) is 0.721. The molecule has 0 heterocycles. The SMILES string of the molecule is CCOc1ccc(Cl)cc1C(O)CCN(CC)CC. The molecule has 108 valence electrons. The third kappa shape index (κ3) is 5.01. The summed E-state index contributed by atoms with van der Waals surface area (Å²) in [6.45, 7) is 9.63. The zero-order chi connectivity index (χ0) is 14.3. The van der Waals surface area contributed by atoms with Crippen LogP contribution in [0.15, 0.2) is 18.2 Å². The Morgan fingerprint density at radius 1 is 1.26 bits per heavy atom. The van der Waals surface area contributed by atoms with Crippen molar-refractivity contribution in [2.24, 2.45) is 0 Å². The van der Waals surface area contributed by atoms with Gasteiger partial charge in [0.1, 0.15) is 5.75 Å². The number of aliphatic hydroxyl groups excluding tert-OH is 1. The van der Waals surface area contributed by atoms with Gasteiger partial charge in [0.25, 0.3) is 0 Å². The van der Waals surface area contributed by atoms with E-state index in [1.54, 1.807) is 12.1 Å². The quantitative estimate of drug-likeness (QED) is 0.793. The minimum Gasteiger partial charge on any atom is -0.493 e. The number of ether oxygens (including phenoxy) is 1. The number of benzene rings is 1. The first-order valence-electron chi connectivity index (χ1n) is 6.94. The molecule has 1 aromatic carbocycles. The number of nitrogens with zero attached hydrogens (tertiary/aromatic N) is 1. The van der Waals surface area contributed by atoms with Crippen LogP contribution in [0.1, 0.15) is 38.9 Å². The molecule has 0 aliphatic carbocycles. The van der Waals surface area contributed by atoms with E-state index in [0.717, 1.165) is 30.9 Å². The Hall–Kier alpha value is -0.770. The second-order valence-corrected chi connectivity index (χ2v) is 4.88. The monoisotopic (exact) mass is 285 g/mol. The molecule has 0 fully saturated rings. The Labute approximate surface area is 121 Å². The molecule has 19 heavy (non-hydrogen) atoms. The molecule has 0 radical (unpaired) electrons. The van der Waals surface area contributed by atoms with E-state index in [2.05, 4.69) is 18.7 Å². The van der Waals surface area contributed by atoms with E-state index in [4.69, 9.17) is 16.3 Å². The normalized spacial score (nSPS) is 12.7. The molecule has 4 heteroatoms. The Morgan fingerprint density at radius 3 is 2.53 bits per heavy atom. The molecular formula is C15H24ClNO2. The molecule has 1 N–H and O–H groups in total. The van der Waals surface area contributed by atoms with Gasteiger partial charge < -0.3 is 14.7 Å². The minimum atomic E-state index is -0.541. The van der Waals surface area contributed by atoms with Crippen LogP contribution in [0.25, 0.3) is 0 Å². The van der Waals surface area contributed by atoms with Crippen LogP contribution in [0.2, 0.25) is 5.02 Å². The van der Waals surface area contributed by atoms with Gasteiger partial charge in [-0.1, -0.05) is 25.4 Å². The van der Waals surface area contributed by atoms with Gasteiger partial charge in [0, 0.05) is 17.1 Å². The molecule has 0 saturated carbocycles. The van der Waals surface area contributed by atoms with Crippen LogP contribution < -0.4 is 4.74 Å². The van der Waals surface area contributed by atoms with Crippen molar-refractivity contribution in [1.29, 1.82) is 0 Å². The van der Waals surface area contributed by atoms with Crippen molar-refractivity contribution in [3.05, 3.63) is 28.8 Å². The number of hydrogen-bond acceptors (Lipinski definition) is 3. The Kier molecular flexibility index (Phi) is 7.21. The summed E-state index contributed by atoms with van der Waals surface area (Å²) in [4.78, 5) is 2.29. The van der Waals surface area contributed by atoms with Gasteiger partial charge >= 0.3 is 0 Å². The van der Waals surface area contributed by atoms with Crippen LogP contribution in [-0.4, -0.2) is 36.2 Å². The van der Waals surface area contributed by atoms with E-state index in [1.165, 1.54) is 0 Å². The predicted octanol–water partition coefficient (Wildman–Crippen LogP) is 3.50. The van der Waals surface area contributed by atoms with E-state index in [0.29, 0.717) is 18.1 Å². The van der Waals surface area contributed by atoms with Crippen molar-refractivity contribution in [3.63, 3.8) is 0 Å². The van der Waals surface area contributed by atoms with Crippen molar-refractivity contribution in [2.45, 2.75) is 33.3 Å². The molecular weight excluding hydrogens is 262 g/mol. The van der Waals surface area contributed by atoms with Gasteiger partial charge in [0.15, 0.2) is 0 Å². The topological polar surface area (TPSA) is 32.7 Å². The third-order valence-corrected chi connectivity index (χ3v) is 3.48. The summed E-state index contributed by atoms with van der Waals surface area (Å²) in [5.41, 5.74) is 0.779. The van der Waals surface area contributed by atoms with Gasteiger partial charge in [0.05, 0.1) is 12.7 Å². The van der Waals surface area contributed by atoms with Crippen LogP contribution in [0, 0.1) is 0 Å². The lowest BCUT2D eigenvalue weighted by molar-refractivity contribution is 0.141. The van der Waals surface area contributed by atoms with Gasteiger partial charge in [-0.3, -0.25) is 0 Å². The molecule has 0 aliphatic rings. The molecule has 1 rings (SSSR count). The van der Waals surface area contributed by atoms with Gasteiger partial charge in [-0.2, -0.15) is 0 Å². The molecule has 1 unspecified atom stereocenters. The van der Waals surface area contributed by atoms with Crippen LogP contribution in [0.3, 0.4) is 0 Å². The zero-order valence-electron chi connectivity index (χ0n) is 12.0. The molecule has 3 nitrogen and oxygen atoms in total. The lowest BCUT2D eigenvalue weighted by Crippen LogP contribution is -2.25. The molecule has 1 aromatic rings. The lowest BCUT2D eigenvalue weighted by atomic mass is 10.1. The first kappa shape index (κ1) is 16.3. The van der Waals surface area contributed by atoms with E-state index in [-0.39, 0.29) is 0 Å². The second kappa shape index (κ2) is 8.41. The van der Waals surface area contributed by atoms with Crippen molar-refractivity contribution in [1.82, 2.24) is 4.90 Å². The molecule has 1 atom stereocenters. The standard InChI is InChI=1S/C15H24ClNO2/c1-4-17(5-2)10-9-14(18)13-11-12(16)7-8-15(13)19-6-3/h7-8,11,14,18H,4-6,9-10H2,1-3H3. The molecule has 0 aliphatic heterocycles. The number of halogens is 1. The highest BCUT2D eigenvalue weighted by Gasteiger charge is 2.15. The van der Waals surface area contributed by atoms with Crippen molar-refractivity contribution >= 4 is 11.6 Å². The predicted molar refractivity (Wildman–Crippen MR) is 80.0 cm³/mol. The molecule has 0 amide bonds. The molecule has 0 aromatic heterocycles. The molecule has 0 saturated heterocycles. The van der Waals surface area contributed by atoms with Crippen molar-refractivity contribution in [3.8, 4) is 5.75 Å².